The van der Waals surface area contributed by atoms with Gasteiger partial charge in [-0.25, -0.2) is 8.78 Å². The molecule has 1 aromatic rings. The number of halogens is 3. The lowest BCUT2D eigenvalue weighted by Crippen LogP contribution is -2.43. The van der Waals surface area contributed by atoms with E-state index in [4.69, 9.17) is 11.6 Å². The molecule has 3 rings (SSSR count). The van der Waals surface area contributed by atoms with Crippen LogP contribution in [0.15, 0.2) is 12.1 Å². The van der Waals surface area contributed by atoms with E-state index < -0.39 is 17.7 Å². The largest absolute Gasteiger partial charge is 0.348 e. The first-order chi connectivity index (χ1) is 10.9. The number of carbonyl (C=O) groups excluding carboxylic acids is 1. The molecule has 2 nitrogen and oxygen atoms in total. The summed E-state index contributed by atoms with van der Waals surface area (Å²) in [7, 11) is 0. The van der Waals surface area contributed by atoms with Gasteiger partial charge < -0.3 is 5.32 Å². The lowest BCUT2D eigenvalue weighted by molar-refractivity contribution is -0.129. The summed E-state index contributed by atoms with van der Waals surface area (Å²) >= 11 is 5.87. The van der Waals surface area contributed by atoms with Crippen molar-refractivity contribution in [3.05, 3.63) is 34.4 Å². The summed E-state index contributed by atoms with van der Waals surface area (Å²) in [5.74, 6) is -1.50. The Bertz CT molecular complexity index is 609. The number of benzene rings is 1. The zero-order valence-corrected chi connectivity index (χ0v) is 14.1. The molecule has 0 aromatic heterocycles. The monoisotopic (exact) mass is 341 g/mol. The van der Waals surface area contributed by atoms with E-state index in [0.717, 1.165) is 44.9 Å². The fourth-order valence-electron chi connectivity index (χ4n) is 3.80. The van der Waals surface area contributed by atoms with Crippen molar-refractivity contribution in [2.75, 3.05) is 0 Å². The molecule has 0 bridgehead atoms. The highest BCUT2D eigenvalue weighted by molar-refractivity contribution is 6.30. The highest BCUT2D eigenvalue weighted by atomic mass is 35.5. The first kappa shape index (κ1) is 16.7. The van der Waals surface area contributed by atoms with Gasteiger partial charge in [-0.3, -0.25) is 4.79 Å². The SMILES string of the molecule is CC1(C(NC(=O)C2CCC2)c2c(F)ccc(Cl)c2F)CCCC1. The maximum absolute atomic E-state index is 14.6. The lowest BCUT2D eigenvalue weighted by Gasteiger charge is -2.37. The van der Waals surface area contributed by atoms with Gasteiger partial charge in [0, 0.05) is 11.5 Å². The molecule has 0 aliphatic heterocycles. The van der Waals surface area contributed by atoms with Crippen LogP contribution in [-0.4, -0.2) is 5.91 Å². The Hall–Kier alpha value is -1.16. The maximum atomic E-state index is 14.6. The molecule has 1 unspecified atom stereocenters. The number of rotatable bonds is 4. The van der Waals surface area contributed by atoms with E-state index in [1.165, 1.54) is 12.1 Å². The predicted molar refractivity (Wildman–Crippen MR) is 86.2 cm³/mol. The second-order valence-electron chi connectivity index (χ2n) is 7.19. The van der Waals surface area contributed by atoms with Crippen LogP contribution in [0.5, 0.6) is 0 Å². The lowest BCUT2D eigenvalue weighted by atomic mass is 9.76. The van der Waals surface area contributed by atoms with Crippen molar-refractivity contribution >= 4 is 17.5 Å². The quantitative estimate of drug-likeness (QED) is 0.753. The number of hydrogen-bond donors (Lipinski definition) is 1. The Morgan fingerprint density at radius 1 is 1.26 bits per heavy atom. The fraction of sp³-hybridized carbons (Fsp3) is 0.611. The van der Waals surface area contributed by atoms with E-state index in [1.807, 2.05) is 6.92 Å². The number of carbonyl (C=O) groups is 1. The van der Waals surface area contributed by atoms with Crippen molar-refractivity contribution < 1.29 is 13.6 Å². The van der Waals surface area contributed by atoms with Gasteiger partial charge in [-0.05, 0) is 43.2 Å². The average molecular weight is 342 g/mol. The van der Waals surface area contributed by atoms with E-state index >= 15 is 0 Å². The number of hydrogen-bond acceptors (Lipinski definition) is 1. The highest BCUT2D eigenvalue weighted by Gasteiger charge is 2.42. The summed E-state index contributed by atoms with van der Waals surface area (Å²) in [6, 6.07) is 1.73. The molecule has 23 heavy (non-hydrogen) atoms. The summed E-state index contributed by atoms with van der Waals surface area (Å²) in [6.45, 7) is 2.01. The summed E-state index contributed by atoms with van der Waals surface area (Å²) < 4.78 is 29.0. The van der Waals surface area contributed by atoms with Crippen LogP contribution in [0.4, 0.5) is 8.78 Å². The van der Waals surface area contributed by atoms with Crippen molar-refractivity contribution in [1.29, 1.82) is 0 Å². The van der Waals surface area contributed by atoms with Gasteiger partial charge in [-0.2, -0.15) is 0 Å². The van der Waals surface area contributed by atoms with Crippen LogP contribution in [0, 0.1) is 23.0 Å². The van der Waals surface area contributed by atoms with Crippen LogP contribution in [-0.2, 0) is 4.79 Å². The van der Waals surface area contributed by atoms with Crippen molar-refractivity contribution in [2.24, 2.45) is 11.3 Å². The first-order valence-corrected chi connectivity index (χ1v) is 8.74. The fourth-order valence-corrected chi connectivity index (χ4v) is 3.97. The molecular weight excluding hydrogens is 320 g/mol. The summed E-state index contributed by atoms with van der Waals surface area (Å²) in [6.07, 6.45) is 6.46. The minimum Gasteiger partial charge on any atom is -0.348 e. The van der Waals surface area contributed by atoms with Gasteiger partial charge in [0.1, 0.15) is 11.6 Å². The standard InChI is InChI=1S/C18H22ClF2NO/c1-18(9-2-3-10-18)16(22-17(23)11-5-4-6-11)14-13(20)8-7-12(19)15(14)21/h7-8,11,16H,2-6,9-10H2,1H3,(H,22,23). The molecule has 2 saturated carbocycles. The normalized spacial score (nSPS) is 21.7. The van der Waals surface area contributed by atoms with Crippen LogP contribution in [0.3, 0.4) is 0 Å². The second kappa shape index (κ2) is 6.39. The van der Waals surface area contributed by atoms with Gasteiger partial charge >= 0.3 is 0 Å². The van der Waals surface area contributed by atoms with Gasteiger partial charge in [0.15, 0.2) is 0 Å². The van der Waals surface area contributed by atoms with Crippen molar-refractivity contribution in [3.63, 3.8) is 0 Å². The van der Waals surface area contributed by atoms with Gasteiger partial charge in [-0.1, -0.05) is 37.8 Å². The minimum absolute atomic E-state index is 0.0205. The zero-order valence-electron chi connectivity index (χ0n) is 13.3. The molecule has 2 fully saturated rings. The third-order valence-electron chi connectivity index (χ3n) is 5.57. The Morgan fingerprint density at radius 3 is 2.48 bits per heavy atom. The molecule has 0 spiro atoms. The Balaban J connectivity index is 1.98. The number of nitrogens with one attached hydrogen (secondary N) is 1. The van der Waals surface area contributed by atoms with E-state index in [9.17, 15) is 13.6 Å². The predicted octanol–water partition coefficient (Wildman–Crippen LogP) is 5.16. The van der Waals surface area contributed by atoms with Crippen LogP contribution < -0.4 is 5.32 Å². The van der Waals surface area contributed by atoms with Crippen LogP contribution in [0.1, 0.15) is 63.5 Å². The average Bonchev–Trinajstić information content (AvgIpc) is 2.88. The Labute approximate surface area is 140 Å². The smallest absolute Gasteiger partial charge is 0.223 e. The molecule has 2 aliphatic rings. The third-order valence-corrected chi connectivity index (χ3v) is 5.87. The van der Waals surface area contributed by atoms with Gasteiger partial charge in [0.25, 0.3) is 0 Å². The maximum Gasteiger partial charge on any atom is 0.223 e. The van der Waals surface area contributed by atoms with E-state index in [-0.39, 0.29) is 27.8 Å². The molecule has 2 aliphatic carbocycles. The van der Waals surface area contributed by atoms with Gasteiger partial charge in [0.05, 0.1) is 11.1 Å². The highest BCUT2D eigenvalue weighted by Crippen LogP contribution is 2.49. The molecule has 5 heteroatoms. The molecule has 1 amide bonds. The van der Waals surface area contributed by atoms with Gasteiger partial charge in [-0.15, -0.1) is 0 Å². The summed E-state index contributed by atoms with van der Waals surface area (Å²) in [5.41, 5.74) is -0.430. The molecular formula is C18H22ClF2NO. The van der Waals surface area contributed by atoms with Gasteiger partial charge in [0.2, 0.25) is 5.91 Å². The molecule has 0 heterocycles. The van der Waals surface area contributed by atoms with Crippen molar-refractivity contribution in [1.82, 2.24) is 5.32 Å². The first-order valence-electron chi connectivity index (χ1n) is 8.36. The molecule has 0 radical (unpaired) electrons. The second-order valence-corrected chi connectivity index (χ2v) is 7.59. The topological polar surface area (TPSA) is 29.1 Å². The summed E-state index contributed by atoms with van der Waals surface area (Å²) in [5, 5.41) is 2.84. The molecule has 1 aromatic carbocycles. The Morgan fingerprint density at radius 2 is 1.91 bits per heavy atom. The Kier molecular flexibility index (Phi) is 4.63. The van der Waals surface area contributed by atoms with Crippen LogP contribution >= 0.6 is 11.6 Å². The molecule has 0 saturated heterocycles. The zero-order chi connectivity index (χ0) is 16.6. The van der Waals surface area contributed by atoms with E-state index in [1.54, 1.807) is 0 Å². The van der Waals surface area contributed by atoms with Crippen molar-refractivity contribution in [2.45, 2.75) is 57.9 Å². The molecule has 1 N–H and O–H groups in total. The van der Waals surface area contributed by atoms with Crippen molar-refractivity contribution in [3.8, 4) is 0 Å². The molecule has 1 atom stereocenters. The van der Waals surface area contributed by atoms with Crippen LogP contribution in [0.2, 0.25) is 5.02 Å². The van der Waals surface area contributed by atoms with Crippen LogP contribution in [0.25, 0.3) is 0 Å². The summed E-state index contributed by atoms with van der Waals surface area (Å²) in [4.78, 5) is 12.4. The minimum atomic E-state index is -0.751. The molecule has 126 valence electrons. The van der Waals surface area contributed by atoms with E-state index in [0.29, 0.717) is 0 Å². The third kappa shape index (κ3) is 3.10. The van der Waals surface area contributed by atoms with E-state index in [2.05, 4.69) is 5.32 Å². The number of amides is 1.